The van der Waals surface area contributed by atoms with Gasteiger partial charge in [-0.1, -0.05) is 182 Å². The lowest BCUT2D eigenvalue weighted by molar-refractivity contribution is 0.669. The molecule has 294 valence electrons. The number of fused-ring (bicyclic) bond motifs is 9. The highest BCUT2D eigenvalue weighted by Gasteiger charge is 2.53. The van der Waals surface area contributed by atoms with Gasteiger partial charge in [-0.2, -0.15) is 0 Å². The summed E-state index contributed by atoms with van der Waals surface area (Å²) in [6.07, 6.45) is 0. The van der Waals surface area contributed by atoms with Gasteiger partial charge in [-0.05, 0) is 132 Å². The quantitative estimate of drug-likeness (QED) is 0.160. The summed E-state index contributed by atoms with van der Waals surface area (Å²) in [7, 11) is 0. The van der Waals surface area contributed by atoms with Crippen molar-refractivity contribution in [2.75, 3.05) is 4.90 Å². The Morgan fingerprint density at radius 1 is 0.302 bits per heavy atom. The van der Waals surface area contributed by atoms with E-state index >= 15 is 0 Å². The van der Waals surface area contributed by atoms with Crippen LogP contribution in [0.25, 0.3) is 77.6 Å². The summed E-state index contributed by atoms with van der Waals surface area (Å²) in [5.74, 6) is 0. The molecule has 0 amide bonds. The molecule has 11 aromatic rings. The first-order valence-corrected chi connectivity index (χ1v) is 21.7. The lowest BCUT2D eigenvalue weighted by Gasteiger charge is -2.36. The van der Waals surface area contributed by atoms with Crippen LogP contribution in [0.3, 0.4) is 0 Å². The van der Waals surface area contributed by atoms with Crippen molar-refractivity contribution in [1.82, 2.24) is 0 Å². The minimum absolute atomic E-state index is 0.568. The second-order valence-corrected chi connectivity index (χ2v) is 16.8. The van der Waals surface area contributed by atoms with Gasteiger partial charge in [0, 0.05) is 22.1 Å². The standard InChI is InChI=1S/C61H39NO/c1-3-14-40(15-4-1)42-26-32-46(33-27-42)62(47-34-28-43(29-35-47)41-16-5-2-6-17-41)57-24-11-10-23-56(57)61-54-22-9-7-18-48(54)51-20-13-21-52(60(51)61)53-38-44(31-37-55(53)61)45-30-36-50-49-19-8-12-25-58(49)63-59(50)39-45/h1-39H. The Morgan fingerprint density at radius 3 is 1.51 bits per heavy atom. The van der Waals surface area contributed by atoms with Gasteiger partial charge in [-0.3, -0.25) is 0 Å². The van der Waals surface area contributed by atoms with Gasteiger partial charge in [0.2, 0.25) is 0 Å². The lowest BCUT2D eigenvalue weighted by Crippen LogP contribution is -2.28. The van der Waals surface area contributed by atoms with Crippen molar-refractivity contribution in [2.24, 2.45) is 0 Å². The molecule has 63 heavy (non-hydrogen) atoms. The van der Waals surface area contributed by atoms with E-state index < -0.39 is 5.41 Å². The van der Waals surface area contributed by atoms with Crippen molar-refractivity contribution in [3.05, 3.63) is 259 Å². The van der Waals surface area contributed by atoms with Crippen molar-refractivity contribution in [3.63, 3.8) is 0 Å². The number of anilines is 3. The van der Waals surface area contributed by atoms with Crippen LogP contribution in [0.2, 0.25) is 0 Å². The molecule has 2 aliphatic rings. The van der Waals surface area contributed by atoms with E-state index in [0.717, 1.165) is 44.6 Å². The second-order valence-electron chi connectivity index (χ2n) is 16.8. The average Bonchev–Trinajstić information content (AvgIpc) is 3.99. The molecule has 0 radical (unpaired) electrons. The third kappa shape index (κ3) is 5.32. The molecular weight excluding hydrogens is 763 g/mol. The van der Waals surface area contributed by atoms with Crippen molar-refractivity contribution in [1.29, 1.82) is 0 Å². The Morgan fingerprint density at radius 2 is 0.794 bits per heavy atom. The van der Waals surface area contributed by atoms with Crippen LogP contribution in [-0.4, -0.2) is 0 Å². The summed E-state index contributed by atoms with van der Waals surface area (Å²) >= 11 is 0. The molecule has 1 unspecified atom stereocenters. The molecule has 13 rings (SSSR count). The molecule has 10 aromatic carbocycles. The Kier molecular flexibility index (Phi) is 7.85. The summed E-state index contributed by atoms with van der Waals surface area (Å²) in [5, 5.41) is 2.29. The smallest absolute Gasteiger partial charge is 0.136 e. The summed E-state index contributed by atoms with van der Waals surface area (Å²) in [6.45, 7) is 0. The van der Waals surface area contributed by atoms with E-state index in [1.165, 1.54) is 72.3 Å². The molecule has 1 aromatic heterocycles. The van der Waals surface area contributed by atoms with Crippen LogP contribution in [0.1, 0.15) is 22.3 Å². The zero-order valence-electron chi connectivity index (χ0n) is 34.4. The molecule has 2 aliphatic carbocycles. The normalized spacial score (nSPS) is 14.4. The van der Waals surface area contributed by atoms with Crippen LogP contribution in [0.4, 0.5) is 17.1 Å². The van der Waals surface area contributed by atoms with Gasteiger partial charge in [-0.15, -0.1) is 0 Å². The van der Waals surface area contributed by atoms with E-state index in [2.05, 4.69) is 229 Å². The summed E-state index contributed by atoms with van der Waals surface area (Å²) in [4.78, 5) is 2.46. The number of benzene rings is 10. The summed E-state index contributed by atoms with van der Waals surface area (Å²) in [6, 6.07) is 86.6. The molecule has 0 spiro atoms. The molecule has 2 nitrogen and oxygen atoms in total. The summed E-state index contributed by atoms with van der Waals surface area (Å²) < 4.78 is 6.38. The van der Waals surface area contributed by atoms with Gasteiger partial charge < -0.3 is 9.32 Å². The van der Waals surface area contributed by atoms with Crippen LogP contribution in [0.15, 0.2) is 241 Å². The van der Waals surface area contributed by atoms with Crippen LogP contribution in [0, 0.1) is 0 Å². The van der Waals surface area contributed by atoms with E-state index in [-0.39, 0.29) is 0 Å². The predicted molar refractivity (Wildman–Crippen MR) is 261 cm³/mol. The van der Waals surface area contributed by atoms with Crippen LogP contribution >= 0.6 is 0 Å². The predicted octanol–water partition coefficient (Wildman–Crippen LogP) is 16.4. The number of hydrogen-bond acceptors (Lipinski definition) is 2. The average molecular weight is 802 g/mol. The molecule has 0 aliphatic heterocycles. The topological polar surface area (TPSA) is 16.4 Å². The van der Waals surface area contributed by atoms with Gasteiger partial charge in [-0.25, -0.2) is 0 Å². The van der Waals surface area contributed by atoms with Crippen molar-refractivity contribution < 1.29 is 4.42 Å². The highest BCUT2D eigenvalue weighted by atomic mass is 16.3. The highest BCUT2D eigenvalue weighted by Crippen LogP contribution is 2.66. The molecule has 0 bridgehead atoms. The van der Waals surface area contributed by atoms with E-state index in [9.17, 15) is 0 Å². The highest BCUT2D eigenvalue weighted by molar-refractivity contribution is 6.06. The number of furan rings is 1. The third-order valence-corrected chi connectivity index (χ3v) is 13.5. The van der Waals surface area contributed by atoms with Gasteiger partial charge in [0.25, 0.3) is 0 Å². The van der Waals surface area contributed by atoms with Crippen molar-refractivity contribution >= 4 is 39.0 Å². The maximum absolute atomic E-state index is 6.38. The summed E-state index contributed by atoms with van der Waals surface area (Å²) in [5.41, 5.74) is 22.0. The van der Waals surface area contributed by atoms with Crippen LogP contribution in [-0.2, 0) is 5.41 Å². The molecule has 1 atom stereocenters. The van der Waals surface area contributed by atoms with Crippen molar-refractivity contribution in [3.8, 4) is 55.6 Å². The fourth-order valence-electron chi connectivity index (χ4n) is 10.7. The fourth-order valence-corrected chi connectivity index (χ4v) is 10.7. The zero-order chi connectivity index (χ0) is 41.5. The Hall–Kier alpha value is -8.20. The number of nitrogens with zero attached hydrogens (tertiary/aromatic N) is 1. The number of para-hydroxylation sites is 2. The molecule has 0 saturated heterocycles. The molecule has 0 N–H and O–H groups in total. The van der Waals surface area contributed by atoms with Crippen molar-refractivity contribution in [2.45, 2.75) is 5.41 Å². The minimum atomic E-state index is -0.568. The van der Waals surface area contributed by atoms with E-state index in [1.807, 2.05) is 12.1 Å². The van der Waals surface area contributed by atoms with Gasteiger partial charge in [0.1, 0.15) is 11.2 Å². The minimum Gasteiger partial charge on any atom is -0.456 e. The first-order valence-electron chi connectivity index (χ1n) is 21.7. The van der Waals surface area contributed by atoms with Gasteiger partial charge >= 0.3 is 0 Å². The molecule has 2 heteroatoms. The first-order chi connectivity index (χ1) is 31.2. The maximum Gasteiger partial charge on any atom is 0.136 e. The maximum atomic E-state index is 6.38. The Labute approximate surface area is 366 Å². The van der Waals surface area contributed by atoms with Gasteiger partial charge in [0.05, 0.1) is 11.1 Å². The molecular formula is C61H39NO. The Balaban J connectivity index is 1.03. The SMILES string of the molecule is c1ccc(-c2ccc(N(c3ccc(-c4ccccc4)cc3)c3ccccc3C34c5ccccc5-c5cccc(c53)-c3cc(-c5ccc6c(c5)oc5ccccc56)ccc34)cc2)cc1. The third-order valence-electron chi connectivity index (χ3n) is 13.5. The van der Waals surface area contributed by atoms with Crippen LogP contribution < -0.4 is 4.90 Å². The van der Waals surface area contributed by atoms with E-state index in [1.54, 1.807) is 0 Å². The number of rotatable bonds is 7. The largest absolute Gasteiger partial charge is 0.456 e. The van der Waals surface area contributed by atoms with Crippen LogP contribution in [0.5, 0.6) is 0 Å². The number of hydrogen-bond donors (Lipinski definition) is 0. The van der Waals surface area contributed by atoms with E-state index in [0.29, 0.717) is 0 Å². The Bertz CT molecular complexity index is 3470. The first kappa shape index (κ1) is 35.5. The second kappa shape index (κ2) is 13.9. The zero-order valence-corrected chi connectivity index (χ0v) is 34.4. The molecule has 1 heterocycles. The fraction of sp³-hybridized carbons (Fsp3) is 0.0164. The monoisotopic (exact) mass is 801 g/mol. The molecule has 0 saturated carbocycles. The molecule has 0 fully saturated rings. The van der Waals surface area contributed by atoms with Gasteiger partial charge in [0.15, 0.2) is 0 Å². The lowest BCUT2D eigenvalue weighted by atomic mass is 9.69. The van der Waals surface area contributed by atoms with E-state index in [4.69, 9.17) is 4.42 Å².